The lowest BCUT2D eigenvalue weighted by atomic mass is 9.99. The zero-order valence-corrected chi connectivity index (χ0v) is 36.7. The van der Waals surface area contributed by atoms with Crippen LogP contribution >= 0.6 is 0 Å². The van der Waals surface area contributed by atoms with Crippen molar-refractivity contribution in [3.05, 3.63) is 72.9 Å². The molecule has 0 rings (SSSR count). The fraction of sp³-hybridized carbons (Fsp3) is 0.720. The van der Waals surface area contributed by atoms with Crippen molar-refractivity contribution in [3.8, 4) is 0 Å². The quantitative estimate of drug-likeness (QED) is 0.0245. The van der Waals surface area contributed by atoms with Crippen molar-refractivity contribution in [1.29, 1.82) is 0 Å². The second kappa shape index (κ2) is 42.9. The van der Waals surface area contributed by atoms with Crippen LogP contribution in [0.4, 0.5) is 0 Å². The molecule has 7 heteroatoms. The summed E-state index contributed by atoms with van der Waals surface area (Å²) in [5.74, 6) is 0.165. The number of ether oxygens (including phenoxy) is 2. The molecule has 0 aliphatic heterocycles. The van der Waals surface area contributed by atoms with Crippen LogP contribution in [0.3, 0.4) is 0 Å². The largest absolute Gasteiger partial charge is 0.463 e. The van der Waals surface area contributed by atoms with Crippen molar-refractivity contribution < 1.29 is 34.4 Å². The summed E-state index contributed by atoms with van der Waals surface area (Å²) in [5, 5.41) is 29.9. The molecular formula is C50H86O7. The Labute approximate surface area is 349 Å². The fourth-order valence-corrected chi connectivity index (χ4v) is 6.27. The normalized spacial score (nSPS) is 14.6. The SMILES string of the molecule is CC/C=C\C[C@@H](O)/C=C/C=C\C/C=C\C=C\[C@@H](O)/C=C\CCCC(=O)OC[C@@H](O)COC(=O)CCCCCCCCCCCCCCCCCCCCC(C)CC. The summed E-state index contributed by atoms with van der Waals surface area (Å²) in [4.78, 5) is 24.0. The molecule has 4 atom stereocenters. The Hall–Kier alpha value is -2.74. The van der Waals surface area contributed by atoms with Gasteiger partial charge in [0.25, 0.3) is 0 Å². The highest BCUT2D eigenvalue weighted by Gasteiger charge is 2.12. The number of allylic oxidation sites excluding steroid dienone is 8. The number of carbonyl (C=O) groups excluding carboxylic acids is 2. The molecule has 328 valence electrons. The number of esters is 2. The van der Waals surface area contributed by atoms with E-state index in [0.29, 0.717) is 25.7 Å². The third kappa shape index (κ3) is 42.7. The maximum atomic E-state index is 12.0. The number of hydrogen-bond acceptors (Lipinski definition) is 7. The van der Waals surface area contributed by atoms with E-state index in [1.807, 2.05) is 48.6 Å². The van der Waals surface area contributed by atoms with Gasteiger partial charge in [0.05, 0.1) is 12.2 Å². The molecule has 7 nitrogen and oxygen atoms in total. The number of carbonyl (C=O) groups is 2. The van der Waals surface area contributed by atoms with Crippen LogP contribution in [0.1, 0.15) is 194 Å². The number of rotatable bonds is 40. The molecule has 0 heterocycles. The van der Waals surface area contributed by atoms with Crippen molar-refractivity contribution >= 4 is 11.9 Å². The molecule has 57 heavy (non-hydrogen) atoms. The highest BCUT2D eigenvalue weighted by Crippen LogP contribution is 2.17. The third-order valence-electron chi connectivity index (χ3n) is 10.2. The topological polar surface area (TPSA) is 113 Å². The van der Waals surface area contributed by atoms with Crippen molar-refractivity contribution in [2.75, 3.05) is 13.2 Å². The molecule has 0 aromatic heterocycles. The van der Waals surface area contributed by atoms with E-state index in [1.165, 1.54) is 109 Å². The zero-order chi connectivity index (χ0) is 41.9. The van der Waals surface area contributed by atoms with Crippen LogP contribution in [-0.4, -0.2) is 58.8 Å². The summed E-state index contributed by atoms with van der Waals surface area (Å²) in [6, 6.07) is 0. The standard InChI is InChI=1S/C50H86O7/c1-4-6-29-37-46(51)38-31-25-21-19-22-26-32-39-47(52)40-33-28-35-42-50(55)57-44-48(53)43-56-49(54)41-34-27-23-18-16-14-12-10-8-7-9-11-13-15-17-20-24-30-36-45(3)5-2/h6,21-22,25-26,29,31-33,38-40,45-48,51-53H,4-5,7-20,23-24,27-28,30,34-37,41-44H2,1-3H3/b25-21-,26-22-,29-6-,38-31+,39-32+,40-33-/t45?,46-,47-,48+/m1/s1. The van der Waals surface area contributed by atoms with E-state index < -0.39 is 24.3 Å². The second-order valence-corrected chi connectivity index (χ2v) is 15.8. The fourth-order valence-electron chi connectivity index (χ4n) is 6.27. The number of hydrogen-bond donors (Lipinski definition) is 3. The smallest absolute Gasteiger partial charge is 0.305 e. The first-order chi connectivity index (χ1) is 27.8. The molecule has 1 unspecified atom stereocenters. The molecule has 0 saturated heterocycles. The van der Waals surface area contributed by atoms with E-state index >= 15 is 0 Å². The molecule has 0 fully saturated rings. The van der Waals surface area contributed by atoms with Crippen LogP contribution in [0.2, 0.25) is 0 Å². The van der Waals surface area contributed by atoms with Gasteiger partial charge in [-0.15, -0.1) is 0 Å². The first kappa shape index (κ1) is 54.3. The van der Waals surface area contributed by atoms with Gasteiger partial charge in [0.15, 0.2) is 0 Å². The minimum atomic E-state index is -1.04. The molecule has 0 radical (unpaired) electrons. The maximum Gasteiger partial charge on any atom is 0.305 e. The van der Waals surface area contributed by atoms with Crippen molar-refractivity contribution in [3.63, 3.8) is 0 Å². The molecule has 0 amide bonds. The van der Waals surface area contributed by atoms with Gasteiger partial charge in [0, 0.05) is 12.8 Å². The Kier molecular flexibility index (Phi) is 40.8. The van der Waals surface area contributed by atoms with Gasteiger partial charge >= 0.3 is 11.9 Å². The van der Waals surface area contributed by atoms with Crippen LogP contribution in [0.25, 0.3) is 0 Å². The number of aliphatic hydroxyl groups is 3. The average Bonchev–Trinajstić information content (AvgIpc) is 3.20. The molecular weight excluding hydrogens is 713 g/mol. The van der Waals surface area contributed by atoms with E-state index in [2.05, 4.69) is 20.8 Å². The molecule has 0 saturated carbocycles. The molecule has 0 spiro atoms. The van der Waals surface area contributed by atoms with Gasteiger partial charge in [-0.2, -0.15) is 0 Å². The van der Waals surface area contributed by atoms with Crippen LogP contribution in [-0.2, 0) is 19.1 Å². The van der Waals surface area contributed by atoms with Gasteiger partial charge in [-0.1, -0.05) is 216 Å². The Morgan fingerprint density at radius 1 is 0.526 bits per heavy atom. The maximum absolute atomic E-state index is 12.0. The summed E-state index contributed by atoms with van der Waals surface area (Å²) in [7, 11) is 0. The van der Waals surface area contributed by atoms with E-state index in [4.69, 9.17) is 9.47 Å². The predicted octanol–water partition coefficient (Wildman–Crippen LogP) is 12.7. The summed E-state index contributed by atoms with van der Waals surface area (Å²) >= 11 is 0. The molecule has 0 aromatic carbocycles. The number of unbranched alkanes of at least 4 members (excludes halogenated alkanes) is 18. The van der Waals surface area contributed by atoms with Crippen LogP contribution in [0.15, 0.2) is 72.9 Å². The lowest BCUT2D eigenvalue weighted by Gasteiger charge is -2.12. The summed E-state index contributed by atoms with van der Waals surface area (Å²) in [6.07, 6.45) is 50.4. The van der Waals surface area contributed by atoms with Gasteiger partial charge in [0.1, 0.15) is 19.3 Å². The lowest BCUT2D eigenvalue weighted by Crippen LogP contribution is -2.25. The van der Waals surface area contributed by atoms with Gasteiger partial charge < -0.3 is 24.8 Å². The van der Waals surface area contributed by atoms with E-state index in [9.17, 15) is 24.9 Å². The monoisotopic (exact) mass is 799 g/mol. The van der Waals surface area contributed by atoms with Crippen molar-refractivity contribution in [1.82, 2.24) is 0 Å². The van der Waals surface area contributed by atoms with Crippen LogP contribution in [0, 0.1) is 5.92 Å². The lowest BCUT2D eigenvalue weighted by molar-refractivity contribution is -0.152. The van der Waals surface area contributed by atoms with E-state index in [-0.39, 0.29) is 25.6 Å². The van der Waals surface area contributed by atoms with Gasteiger partial charge in [-0.3, -0.25) is 9.59 Å². The first-order valence-corrected chi connectivity index (χ1v) is 23.1. The van der Waals surface area contributed by atoms with Crippen LogP contribution < -0.4 is 0 Å². The third-order valence-corrected chi connectivity index (χ3v) is 10.2. The molecule has 3 N–H and O–H groups in total. The minimum Gasteiger partial charge on any atom is -0.463 e. The zero-order valence-electron chi connectivity index (χ0n) is 36.7. The summed E-state index contributed by atoms with van der Waals surface area (Å²) in [6.45, 7) is 6.36. The number of aliphatic hydroxyl groups excluding tert-OH is 3. The van der Waals surface area contributed by atoms with Gasteiger partial charge in [-0.25, -0.2) is 0 Å². The van der Waals surface area contributed by atoms with E-state index in [0.717, 1.165) is 38.0 Å². The highest BCUT2D eigenvalue weighted by atomic mass is 16.6. The Morgan fingerprint density at radius 2 is 1.00 bits per heavy atom. The predicted molar refractivity (Wildman–Crippen MR) is 240 cm³/mol. The first-order valence-electron chi connectivity index (χ1n) is 23.1. The molecule has 0 aromatic rings. The average molecular weight is 799 g/mol. The summed E-state index contributed by atoms with van der Waals surface area (Å²) < 4.78 is 10.3. The van der Waals surface area contributed by atoms with Crippen molar-refractivity contribution in [2.45, 2.75) is 212 Å². The second-order valence-electron chi connectivity index (χ2n) is 15.8. The highest BCUT2D eigenvalue weighted by molar-refractivity contribution is 5.69. The van der Waals surface area contributed by atoms with Crippen molar-refractivity contribution in [2.24, 2.45) is 5.92 Å². The molecule has 0 aliphatic carbocycles. The van der Waals surface area contributed by atoms with Crippen LogP contribution in [0.5, 0.6) is 0 Å². The van der Waals surface area contributed by atoms with Gasteiger partial charge in [-0.05, 0) is 44.4 Å². The minimum absolute atomic E-state index is 0.176. The Bertz CT molecular complexity index is 1090. The Morgan fingerprint density at radius 3 is 1.51 bits per heavy atom. The molecule has 0 bridgehead atoms. The van der Waals surface area contributed by atoms with E-state index in [1.54, 1.807) is 24.3 Å². The van der Waals surface area contributed by atoms with Gasteiger partial charge in [0.2, 0.25) is 0 Å². The summed E-state index contributed by atoms with van der Waals surface area (Å²) in [5.41, 5.74) is 0. The Balaban J connectivity index is 3.62. The molecule has 0 aliphatic rings.